The van der Waals surface area contributed by atoms with Crippen LogP contribution in [0.5, 0.6) is 0 Å². The quantitative estimate of drug-likeness (QED) is 0.758. The lowest BCUT2D eigenvalue weighted by atomic mass is 9.88. The SMILES string of the molecule is O=C1/C(=C\c2ccco2)CCC/C1=C\c1ccco1. The second-order valence-corrected chi connectivity index (χ2v) is 4.55. The van der Waals surface area contributed by atoms with Gasteiger partial charge in [0.05, 0.1) is 12.5 Å². The minimum absolute atomic E-state index is 0.0963. The van der Waals surface area contributed by atoms with Crippen molar-refractivity contribution in [3.05, 3.63) is 59.5 Å². The smallest absolute Gasteiger partial charge is 0.185 e. The van der Waals surface area contributed by atoms with E-state index in [1.165, 1.54) is 0 Å². The first kappa shape index (κ1) is 11.8. The highest BCUT2D eigenvalue weighted by Gasteiger charge is 2.21. The van der Waals surface area contributed by atoms with Gasteiger partial charge in [-0.05, 0) is 55.7 Å². The summed E-state index contributed by atoms with van der Waals surface area (Å²) in [6, 6.07) is 7.34. The number of ketones is 1. The Morgan fingerprint density at radius 1 is 0.895 bits per heavy atom. The number of hydrogen-bond donors (Lipinski definition) is 0. The second kappa shape index (κ2) is 5.14. The first-order valence-corrected chi connectivity index (χ1v) is 6.36. The van der Waals surface area contributed by atoms with E-state index in [4.69, 9.17) is 8.83 Å². The van der Waals surface area contributed by atoms with E-state index in [2.05, 4.69) is 0 Å². The number of carbonyl (C=O) groups excluding carboxylic acids is 1. The summed E-state index contributed by atoms with van der Waals surface area (Å²) in [5.41, 5.74) is 1.61. The van der Waals surface area contributed by atoms with Gasteiger partial charge >= 0.3 is 0 Å². The molecule has 0 saturated heterocycles. The predicted molar refractivity (Wildman–Crippen MR) is 72.2 cm³/mol. The highest BCUT2D eigenvalue weighted by molar-refractivity contribution is 6.13. The van der Waals surface area contributed by atoms with E-state index in [1.54, 1.807) is 12.5 Å². The summed E-state index contributed by atoms with van der Waals surface area (Å²) in [5.74, 6) is 1.55. The number of furan rings is 2. The van der Waals surface area contributed by atoms with E-state index in [9.17, 15) is 4.79 Å². The standard InChI is InChI=1S/C16H14O3/c17-16-12(10-14-6-2-8-18-14)4-1-5-13(16)11-15-7-3-9-19-15/h2-3,6-11H,1,4-5H2/b12-10-,13-11+. The van der Waals surface area contributed by atoms with E-state index in [1.807, 2.05) is 36.4 Å². The van der Waals surface area contributed by atoms with Crippen molar-refractivity contribution in [3.8, 4) is 0 Å². The molecule has 3 heteroatoms. The van der Waals surface area contributed by atoms with Gasteiger partial charge in [0.15, 0.2) is 5.78 Å². The lowest BCUT2D eigenvalue weighted by Crippen LogP contribution is -2.12. The molecule has 1 aliphatic carbocycles. The summed E-state index contributed by atoms with van der Waals surface area (Å²) in [6.07, 6.45) is 9.46. The maximum Gasteiger partial charge on any atom is 0.185 e. The summed E-state index contributed by atoms with van der Waals surface area (Å²) in [5, 5.41) is 0. The van der Waals surface area contributed by atoms with Gasteiger partial charge in [-0.3, -0.25) is 4.79 Å². The molecule has 0 radical (unpaired) electrons. The first-order chi connectivity index (χ1) is 9.33. The summed E-state index contributed by atoms with van der Waals surface area (Å²) >= 11 is 0. The fourth-order valence-corrected chi connectivity index (χ4v) is 2.27. The van der Waals surface area contributed by atoms with Gasteiger partial charge in [0.25, 0.3) is 0 Å². The highest BCUT2D eigenvalue weighted by atomic mass is 16.3. The zero-order valence-electron chi connectivity index (χ0n) is 10.5. The number of rotatable bonds is 2. The first-order valence-electron chi connectivity index (χ1n) is 6.36. The third-order valence-corrected chi connectivity index (χ3v) is 3.19. The third kappa shape index (κ3) is 2.60. The largest absolute Gasteiger partial charge is 0.465 e. The normalized spacial score (nSPS) is 20.3. The summed E-state index contributed by atoms with van der Waals surface area (Å²) in [6.45, 7) is 0. The molecule has 1 fully saturated rings. The number of Topliss-reactive ketones (excluding diaryl/α,β-unsaturated/α-hetero) is 1. The van der Waals surface area contributed by atoms with Crippen LogP contribution in [-0.2, 0) is 4.79 Å². The topological polar surface area (TPSA) is 43.4 Å². The van der Waals surface area contributed by atoms with Crippen molar-refractivity contribution in [2.45, 2.75) is 19.3 Å². The molecule has 0 amide bonds. The van der Waals surface area contributed by atoms with Crippen LogP contribution in [0.1, 0.15) is 30.8 Å². The Kier molecular flexibility index (Phi) is 3.19. The van der Waals surface area contributed by atoms with Gasteiger partial charge in [0.2, 0.25) is 0 Å². The van der Waals surface area contributed by atoms with Gasteiger partial charge in [-0.1, -0.05) is 0 Å². The number of hydrogen-bond acceptors (Lipinski definition) is 3. The average Bonchev–Trinajstić information content (AvgIpc) is 3.07. The molecule has 0 aromatic carbocycles. The number of carbonyl (C=O) groups is 1. The van der Waals surface area contributed by atoms with Gasteiger partial charge in [-0.2, -0.15) is 0 Å². The van der Waals surface area contributed by atoms with Gasteiger partial charge in [0, 0.05) is 11.1 Å². The van der Waals surface area contributed by atoms with Crippen molar-refractivity contribution in [2.75, 3.05) is 0 Å². The minimum atomic E-state index is 0.0963. The van der Waals surface area contributed by atoms with E-state index in [0.29, 0.717) is 0 Å². The molecule has 0 spiro atoms. The molecule has 19 heavy (non-hydrogen) atoms. The Morgan fingerprint density at radius 3 is 1.84 bits per heavy atom. The average molecular weight is 254 g/mol. The number of allylic oxidation sites excluding steroid dienone is 2. The molecule has 0 N–H and O–H groups in total. The Labute approximate surface area is 111 Å². The maximum atomic E-state index is 12.4. The maximum absolute atomic E-state index is 12.4. The zero-order chi connectivity index (χ0) is 13.1. The van der Waals surface area contributed by atoms with Crippen LogP contribution in [0.3, 0.4) is 0 Å². The van der Waals surface area contributed by atoms with Crippen LogP contribution in [0.4, 0.5) is 0 Å². The molecule has 2 aromatic rings. The van der Waals surface area contributed by atoms with Gasteiger partial charge in [-0.25, -0.2) is 0 Å². The fourth-order valence-electron chi connectivity index (χ4n) is 2.27. The fraction of sp³-hybridized carbons (Fsp3) is 0.188. The van der Waals surface area contributed by atoms with Crippen LogP contribution >= 0.6 is 0 Å². The molecule has 0 aliphatic heterocycles. The van der Waals surface area contributed by atoms with Gasteiger partial charge < -0.3 is 8.83 Å². The van der Waals surface area contributed by atoms with Crippen molar-refractivity contribution in [1.82, 2.24) is 0 Å². The highest BCUT2D eigenvalue weighted by Crippen LogP contribution is 2.28. The zero-order valence-corrected chi connectivity index (χ0v) is 10.5. The van der Waals surface area contributed by atoms with E-state index in [-0.39, 0.29) is 5.78 Å². The van der Waals surface area contributed by atoms with Crippen LogP contribution in [0, 0.1) is 0 Å². The molecule has 2 aromatic heterocycles. The van der Waals surface area contributed by atoms with Crippen LogP contribution in [0.2, 0.25) is 0 Å². The van der Waals surface area contributed by atoms with Crippen LogP contribution < -0.4 is 0 Å². The van der Waals surface area contributed by atoms with Gasteiger partial charge in [0.1, 0.15) is 11.5 Å². The van der Waals surface area contributed by atoms with Crippen molar-refractivity contribution < 1.29 is 13.6 Å². The van der Waals surface area contributed by atoms with Crippen LogP contribution in [0.15, 0.2) is 56.8 Å². The molecule has 0 atom stereocenters. The van der Waals surface area contributed by atoms with Gasteiger partial charge in [-0.15, -0.1) is 0 Å². The molecule has 0 bridgehead atoms. The second-order valence-electron chi connectivity index (χ2n) is 4.55. The van der Waals surface area contributed by atoms with E-state index >= 15 is 0 Å². The Balaban J connectivity index is 1.87. The lowest BCUT2D eigenvalue weighted by molar-refractivity contribution is -0.112. The van der Waals surface area contributed by atoms with Crippen LogP contribution in [-0.4, -0.2) is 5.78 Å². The minimum Gasteiger partial charge on any atom is -0.465 e. The molecule has 96 valence electrons. The van der Waals surface area contributed by atoms with Crippen molar-refractivity contribution in [2.24, 2.45) is 0 Å². The molecular formula is C16H14O3. The van der Waals surface area contributed by atoms with E-state index < -0.39 is 0 Å². The Hall–Kier alpha value is -2.29. The molecule has 3 nitrogen and oxygen atoms in total. The predicted octanol–water partition coefficient (Wildman–Crippen LogP) is 4.09. The summed E-state index contributed by atoms with van der Waals surface area (Å²) < 4.78 is 10.5. The monoisotopic (exact) mass is 254 g/mol. The van der Waals surface area contributed by atoms with Crippen molar-refractivity contribution >= 4 is 17.9 Å². The molecular weight excluding hydrogens is 240 g/mol. The Morgan fingerprint density at radius 2 is 1.42 bits per heavy atom. The third-order valence-electron chi connectivity index (χ3n) is 3.19. The molecule has 2 heterocycles. The van der Waals surface area contributed by atoms with Crippen molar-refractivity contribution in [1.29, 1.82) is 0 Å². The molecule has 1 saturated carbocycles. The molecule has 0 unspecified atom stereocenters. The Bertz CT molecular complexity index is 559. The summed E-state index contributed by atoms with van der Waals surface area (Å²) in [7, 11) is 0. The van der Waals surface area contributed by atoms with E-state index in [0.717, 1.165) is 41.9 Å². The van der Waals surface area contributed by atoms with Crippen molar-refractivity contribution in [3.63, 3.8) is 0 Å². The van der Waals surface area contributed by atoms with Crippen LogP contribution in [0.25, 0.3) is 12.2 Å². The lowest BCUT2D eigenvalue weighted by Gasteiger charge is -2.15. The summed E-state index contributed by atoms with van der Waals surface area (Å²) in [4.78, 5) is 12.4. The molecule has 1 aliphatic rings. The molecule has 3 rings (SSSR count).